The predicted octanol–water partition coefficient (Wildman–Crippen LogP) is 2.03. The van der Waals surface area contributed by atoms with E-state index in [0.29, 0.717) is 18.1 Å². The van der Waals surface area contributed by atoms with Crippen LogP contribution in [0.5, 0.6) is 0 Å². The van der Waals surface area contributed by atoms with Crippen molar-refractivity contribution in [2.24, 2.45) is 4.99 Å². The topological polar surface area (TPSA) is 32.7 Å². The van der Waals surface area contributed by atoms with Gasteiger partial charge in [0.1, 0.15) is 0 Å². The summed E-state index contributed by atoms with van der Waals surface area (Å²) in [5, 5.41) is 0.515. The number of aliphatic imine (C=N–C) groups is 1. The standard InChI is InChI=1S/C10H8F2N2OS/c11-8-2-1-7(5-9(8)12)14(6-15)10-13-3-4-16-10/h1-2,5-6H,3-4H2. The van der Waals surface area contributed by atoms with Crippen molar-refractivity contribution >= 4 is 29.0 Å². The van der Waals surface area contributed by atoms with E-state index in [1.54, 1.807) is 0 Å². The quantitative estimate of drug-likeness (QED) is 0.743. The van der Waals surface area contributed by atoms with Gasteiger partial charge in [-0.05, 0) is 12.1 Å². The summed E-state index contributed by atoms with van der Waals surface area (Å²) in [6.07, 6.45) is 0.545. The highest BCUT2D eigenvalue weighted by Gasteiger charge is 2.18. The Bertz CT molecular complexity index is 450. The first-order valence-electron chi connectivity index (χ1n) is 4.59. The number of nitrogens with zero attached hydrogens (tertiary/aromatic N) is 2. The Hall–Kier alpha value is -1.43. The smallest absolute Gasteiger partial charge is 0.220 e. The summed E-state index contributed by atoms with van der Waals surface area (Å²) in [5.41, 5.74) is 0.280. The van der Waals surface area contributed by atoms with Crippen LogP contribution in [-0.2, 0) is 4.79 Å². The van der Waals surface area contributed by atoms with Gasteiger partial charge in [-0.3, -0.25) is 14.7 Å². The SMILES string of the molecule is O=CN(C1=NCCS1)c1ccc(F)c(F)c1. The molecule has 0 unspecified atom stereocenters. The molecule has 1 aromatic carbocycles. The molecule has 0 saturated heterocycles. The highest BCUT2D eigenvalue weighted by molar-refractivity contribution is 8.14. The van der Waals surface area contributed by atoms with Crippen LogP contribution in [0.3, 0.4) is 0 Å². The number of halogens is 2. The normalized spacial score (nSPS) is 14.8. The number of amidine groups is 1. The van der Waals surface area contributed by atoms with Crippen molar-refractivity contribution in [2.45, 2.75) is 0 Å². The highest BCUT2D eigenvalue weighted by Crippen LogP contribution is 2.23. The van der Waals surface area contributed by atoms with Gasteiger partial charge in [0, 0.05) is 11.8 Å². The lowest BCUT2D eigenvalue weighted by molar-refractivity contribution is -0.106. The van der Waals surface area contributed by atoms with Crippen LogP contribution in [0.1, 0.15) is 0 Å². The van der Waals surface area contributed by atoms with Crippen molar-refractivity contribution in [3.63, 3.8) is 0 Å². The molecule has 0 radical (unpaired) electrons. The van der Waals surface area contributed by atoms with Crippen molar-refractivity contribution in [3.05, 3.63) is 29.8 Å². The molecule has 1 aromatic rings. The number of hydrogen-bond acceptors (Lipinski definition) is 3. The molecule has 0 aliphatic carbocycles. The molecule has 1 amide bonds. The lowest BCUT2D eigenvalue weighted by Crippen LogP contribution is -2.25. The number of anilines is 1. The Morgan fingerprint density at radius 1 is 1.38 bits per heavy atom. The number of hydrogen-bond donors (Lipinski definition) is 0. The van der Waals surface area contributed by atoms with Crippen LogP contribution in [0.15, 0.2) is 23.2 Å². The first kappa shape index (κ1) is 11.1. The van der Waals surface area contributed by atoms with Crippen molar-refractivity contribution < 1.29 is 13.6 Å². The third-order valence-corrected chi connectivity index (χ3v) is 3.03. The summed E-state index contributed by atoms with van der Waals surface area (Å²) in [4.78, 5) is 16.2. The molecule has 1 aliphatic rings. The van der Waals surface area contributed by atoms with E-state index >= 15 is 0 Å². The van der Waals surface area contributed by atoms with Gasteiger partial charge in [0.15, 0.2) is 16.8 Å². The number of benzene rings is 1. The van der Waals surface area contributed by atoms with Gasteiger partial charge in [-0.25, -0.2) is 8.78 Å². The van der Waals surface area contributed by atoms with Gasteiger partial charge >= 0.3 is 0 Å². The molecular formula is C10H8F2N2OS. The van der Waals surface area contributed by atoms with Crippen molar-refractivity contribution in [3.8, 4) is 0 Å². The van der Waals surface area contributed by atoms with Crippen LogP contribution < -0.4 is 4.90 Å². The number of amides is 1. The van der Waals surface area contributed by atoms with Crippen molar-refractivity contribution in [1.29, 1.82) is 0 Å². The minimum Gasteiger partial charge on any atom is -0.278 e. The van der Waals surface area contributed by atoms with Gasteiger partial charge in [-0.15, -0.1) is 0 Å². The van der Waals surface area contributed by atoms with E-state index in [0.717, 1.165) is 17.9 Å². The predicted molar refractivity (Wildman–Crippen MR) is 59.7 cm³/mol. The fraction of sp³-hybridized carbons (Fsp3) is 0.200. The summed E-state index contributed by atoms with van der Waals surface area (Å²) in [7, 11) is 0. The van der Waals surface area contributed by atoms with Crippen molar-refractivity contribution in [2.75, 3.05) is 17.2 Å². The lowest BCUT2D eigenvalue weighted by atomic mass is 10.3. The van der Waals surface area contributed by atoms with E-state index in [2.05, 4.69) is 4.99 Å². The second-order valence-corrected chi connectivity index (χ2v) is 4.15. The van der Waals surface area contributed by atoms with Crippen LogP contribution in [0.25, 0.3) is 0 Å². The Labute approximate surface area is 95.2 Å². The molecule has 16 heavy (non-hydrogen) atoms. The summed E-state index contributed by atoms with van der Waals surface area (Å²) in [6.45, 7) is 0.633. The van der Waals surface area contributed by atoms with Crippen LogP contribution >= 0.6 is 11.8 Å². The third kappa shape index (κ3) is 2.06. The monoisotopic (exact) mass is 242 g/mol. The van der Waals surface area contributed by atoms with Gasteiger partial charge in [-0.1, -0.05) is 11.8 Å². The molecule has 0 bridgehead atoms. The summed E-state index contributed by atoms with van der Waals surface area (Å²) < 4.78 is 25.7. The van der Waals surface area contributed by atoms with E-state index in [-0.39, 0.29) is 5.69 Å². The maximum absolute atomic E-state index is 13.0. The largest absolute Gasteiger partial charge is 0.278 e. The second kappa shape index (κ2) is 4.61. The highest BCUT2D eigenvalue weighted by atomic mass is 32.2. The average molecular weight is 242 g/mol. The first-order chi connectivity index (χ1) is 7.72. The summed E-state index contributed by atoms with van der Waals surface area (Å²) >= 11 is 1.41. The molecule has 3 nitrogen and oxygen atoms in total. The number of thioether (sulfide) groups is 1. The van der Waals surface area contributed by atoms with Crippen LogP contribution in [0.4, 0.5) is 14.5 Å². The zero-order valence-corrected chi connectivity index (χ0v) is 9.01. The van der Waals surface area contributed by atoms with E-state index in [1.807, 2.05) is 0 Å². The zero-order chi connectivity index (χ0) is 11.5. The van der Waals surface area contributed by atoms with E-state index in [9.17, 15) is 13.6 Å². The molecule has 1 heterocycles. The fourth-order valence-corrected chi connectivity index (χ4v) is 2.16. The molecule has 2 rings (SSSR count). The maximum atomic E-state index is 13.0. The van der Waals surface area contributed by atoms with Crippen LogP contribution in [0, 0.1) is 11.6 Å². The van der Waals surface area contributed by atoms with Crippen LogP contribution in [0.2, 0.25) is 0 Å². The molecule has 0 saturated carbocycles. The van der Waals surface area contributed by atoms with E-state index in [1.165, 1.54) is 22.7 Å². The maximum Gasteiger partial charge on any atom is 0.220 e. The Kier molecular flexibility index (Phi) is 3.19. The molecule has 0 spiro atoms. The first-order valence-corrected chi connectivity index (χ1v) is 5.58. The zero-order valence-electron chi connectivity index (χ0n) is 8.19. The minimum absolute atomic E-state index is 0.280. The molecular weight excluding hydrogens is 234 g/mol. The molecule has 0 fully saturated rings. The molecule has 6 heteroatoms. The lowest BCUT2D eigenvalue weighted by Gasteiger charge is -2.16. The number of carbonyl (C=O) groups excluding carboxylic acids is 1. The van der Waals surface area contributed by atoms with E-state index in [4.69, 9.17) is 0 Å². The third-order valence-electron chi connectivity index (χ3n) is 2.06. The molecule has 0 N–H and O–H groups in total. The molecule has 1 aliphatic heterocycles. The molecule has 0 atom stereocenters. The fourth-order valence-electron chi connectivity index (χ4n) is 1.32. The van der Waals surface area contributed by atoms with E-state index < -0.39 is 11.6 Å². The number of carbonyl (C=O) groups is 1. The Morgan fingerprint density at radius 3 is 2.75 bits per heavy atom. The van der Waals surface area contributed by atoms with Crippen LogP contribution in [-0.4, -0.2) is 23.9 Å². The molecule has 84 valence electrons. The number of rotatable bonds is 2. The molecule has 0 aromatic heterocycles. The summed E-state index contributed by atoms with van der Waals surface area (Å²) in [5.74, 6) is -1.12. The van der Waals surface area contributed by atoms with Gasteiger partial charge in [0.05, 0.1) is 12.2 Å². The second-order valence-electron chi connectivity index (χ2n) is 3.09. The van der Waals surface area contributed by atoms with Gasteiger partial charge in [0.25, 0.3) is 0 Å². The summed E-state index contributed by atoms with van der Waals surface area (Å²) in [6, 6.07) is 3.31. The van der Waals surface area contributed by atoms with Gasteiger partial charge < -0.3 is 0 Å². The minimum atomic E-state index is -0.979. The van der Waals surface area contributed by atoms with Gasteiger partial charge in [0.2, 0.25) is 6.41 Å². The Balaban J connectivity index is 2.33. The average Bonchev–Trinajstić information content (AvgIpc) is 2.78. The van der Waals surface area contributed by atoms with Crippen molar-refractivity contribution in [1.82, 2.24) is 0 Å². The Morgan fingerprint density at radius 2 is 2.19 bits per heavy atom. The van der Waals surface area contributed by atoms with Gasteiger partial charge in [-0.2, -0.15) is 0 Å².